The third-order valence-electron chi connectivity index (χ3n) is 5.14. The second-order valence-electron chi connectivity index (χ2n) is 6.95. The molecule has 31 heavy (non-hydrogen) atoms. The molecule has 0 saturated carbocycles. The first-order valence-corrected chi connectivity index (χ1v) is 9.94. The number of ether oxygens (including phenoxy) is 1. The van der Waals surface area contributed by atoms with Gasteiger partial charge in [0.2, 0.25) is 0 Å². The SMILES string of the molecule is CCOC(=O)c1c(-c2ccccc2)oc(=O)c2c(-c3ccccn3)n3ccccc3c12. The average molecular weight is 410 g/mol. The van der Waals surface area contributed by atoms with Crippen LogP contribution >= 0.6 is 0 Å². The van der Waals surface area contributed by atoms with Crippen molar-refractivity contribution in [3.05, 3.63) is 95.1 Å². The molecule has 0 saturated heterocycles. The fourth-order valence-electron chi connectivity index (χ4n) is 3.91. The van der Waals surface area contributed by atoms with Crippen molar-refractivity contribution in [2.45, 2.75) is 6.92 Å². The Balaban J connectivity index is 2.01. The Morgan fingerprint density at radius 3 is 2.52 bits per heavy atom. The lowest BCUT2D eigenvalue weighted by atomic mass is 10.0. The van der Waals surface area contributed by atoms with Crippen molar-refractivity contribution in [2.75, 3.05) is 6.61 Å². The molecule has 0 spiro atoms. The van der Waals surface area contributed by atoms with Crippen LogP contribution in [0.25, 0.3) is 39.0 Å². The number of fused-ring (bicyclic) bond motifs is 3. The van der Waals surface area contributed by atoms with E-state index >= 15 is 0 Å². The van der Waals surface area contributed by atoms with Gasteiger partial charge in [-0.05, 0) is 31.2 Å². The molecule has 5 rings (SSSR count). The van der Waals surface area contributed by atoms with E-state index in [9.17, 15) is 9.59 Å². The Morgan fingerprint density at radius 1 is 1.00 bits per heavy atom. The van der Waals surface area contributed by atoms with E-state index in [1.165, 1.54) is 0 Å². The normalized spacial score (nSPS) is 11.1. The predicted molar refractivity (Wildman–Crippen MR) is 118 cm³/mol. The molecule has 0 unspecified atom stereocenters. The molecule has 152 valence electrons. The predicted octanol–water partition coefficient (Wildman–Crippen LogP) is 4.95. The van der Waals surface area contributed by atoms with E-state index in [0.29, 0.717) is 33.2 Å². The van der Waals surface area contributed by atoms with E-state index in [1.54, 1.807) is 25.3 Å². The first-order valence-electron chi connectivity index (χ1n) is 9.94. The van der Waals surface area contributed by atoms with Crippen molar-refractivity contribution in [2.24, 2.45) is 0 Å². The third-order valence-corrected chi connectivity index (χ3v) is 5.14. The summed E-state index contributed by atoms with van der Waals surface area (Å²) in [6.45, 7) is 1.94. The smallest absolute Gasteiger partial charge is 0.346 e. The van der Waals surface area contributed by atoms with Crippen molar-refractivity contribution >= 4 is 22.3 Å². The van der Waals surface area contributed by atoms with Crippen LogP contribution in [0.5, 0.6) is 0 Å². The maximum atomic E-state index is 13.3. The molecule has 6 nitrogen and oxygen atoms in total. The first kappa shape index (κ1) is 18.8. The van der Waals surface area contributed by atoms with Gasteiger partial charge >= 0.3 is 11.6 Å². The van der Waals surface area contributed by atoms with E-state index in [1.807, 2.05) is 65.2 Å². The summed E-state index contributed by atoms with van der Waals surface area (Å²) in [7, 11) is 0. The summed E-state index contributed by atoms with van der Waals surface area (Å²) in [5.74, 6) is -0.348. The molecule has 5 aromatic rings. The zero-order chi connectivity index (χ0) is 21.4. The molecular formula is C25H18N2O4. The maximum absolute atomic E-state index is 13.3. The Hall–Kier alpha value is -4.19. The largest absolute Gasteiger partial charge is 0.462 e. The number of rotatable bonds is 4. The average Bonchev–Trinajstić information content (AvgIpc) is 3.16. The summed E-state index contributed by atoms with van der Waals surface area (Å²) < 4.78 is 13.0. The number of aromatic nitrogens is 2. The molecule has 1 aromatic carbocycles. The standard InChI is InChI=1S/C25H18N2O4/c1-2-30-24(28)21-19-18-13-7-9-15-27(18)22(17-12-6-8-14-26-17)20(19)25(29)31-23(21)16-10-4-3-5-11-16/h3-15H,2H2,1H3. The quantitative estimate of drug-likeness (QED) is 0.392. The molecule has 4 heterocycles. The van der Waals surface area contributed by atoms with Crippen LogP contribution in [-0.2, 0) is 4.74 Å². The molecule has 0 aliphatic rings. The van der Waals surface area contributed by atoms with Crippen molar-refractivity contribution in [3.8, 4) is 22.7 Å². The lowest BCUT2D eigenvalue weighted by molar-refractivity contribution is 0.0527. The number of nitrogens with zero attached hydrogens (tertiary/aromatic N) is 2. The van der Waals surface area contributed by atoms with Gasteiger partial charge < -0.3 is 13.6 Å². The van der Waals surface area contributed by atoms with Crippen LogP contribution in [0.2, 0.25) is 0 Å². The fraction of sp³-hybridized carbons (Fsp3) is 0.0800. The van der Waals surface area contributed by atoms with E-state index in [0.717, 1.165) is 0 Å². The van der Waals surface area contributed by atoms with Crippen molar-refractivity contribution in [1.29, 1.82) is 0 Å². The number of benzene rings is 1. The van der Waals surface area contributed by atoms with Crippen LogP contribution in [-0.4, -0.2) is 22.0 Å². The summed E-state index contributed by atoms with van der Waals surface area (Å²) >= 11 is 0. The Labute approximate surface area is 177 Å². The number of carbonyl (C=O) groups is 1. The summed E-state index contributed by atoms with van der Waals surface area (Å²) in [5, 5.41) is 0.794. The highest BCUT2D eigenvalue weighted by Gasteiger charge is 2.28. The van der Waals surface area contributed by atoms with Crippen LogP contribution in [0.1, 0.15) is 17.3 Å². The van der Waals surface area contributed by atoms with Crippen molar-refractivity contribution in [1.82, 2.24) is 9.38 Å². The van der Waals surface area contributed by atoms with Crippen molar-refractivity contribution in [3.63, 3.8) is 0 Å². The summed E-state index contributed by atoms with van der Waals surface area (Å²) in [4.78, 5) is 30.9. The molecular weight excluding hydrogens is 392 g/mol. The van der Waals surface area contributed by atoms with E-state index in [2.05, 4.69) is 4.98 Å². The van der Waals surface area contributed by atoms with Gasteiger partial charge in [0.1, 0.15) is 5.56 Å². The number of hydrogen-bond donors (Lipinski definition) is 0. The van der Waals surface area contributed by atoms with Crippen LogP contribution < -0.4 is 5.63 Å². The van der Waals surface area contributed by atoms with E-state index < -0.39 is 11.6 Å². The summed E-state index contributed by atoms with van der Waals surface area (Å²) in [5.41, 5.74) is 2.20. The topological polar surface area (TPSA) is 73.8 Å². The van der Waals surface area contributed by atoms with Crippen LogP contribution in [0, 0.1) is 0 Å². The minimum atomic E-state index is -0.543. The van der Waals surface area contributed by atoms with Gasteiger partial charge in [-0.15, -0.1) is 0 Å². The van der Waals surface area contributed by atoms with Gasteiger partial charge in [-0.25, -0.2) is 9.59 Å². The van der Waals surface area contributed by atoms with Gasteiger partial charge in [-0.2, -0.15) is 0 Å². The zero-order valence-electron chi connectivity index (χ0n) is 16.7. The van der Waals surface area contributed by atoms with Crippen LogP contribution in [0.15, 0.2) is 88.3 Å². The zero-order valence-corrected chi connectivity index (χ0v) is 16.7. The van der Waals surface area contributed by atoms with Gasteiger partial charge in [0.05, 0.1) is 28.9 Å². The second-order valence-corrected chi connectivity index (χ2v) is 6.95. The van der Waals surface area contributed by atoms with Gasteiger partial charge in [0.25, 0.3) is 0 Å². The number of esters is 1. The van der Waals surface area contributed by atoms with Gasteiger partial charge in [0.15, 0.2) is 5.76 Å². The second kappa shape index (κ2) is 7.57. The van der Waals surface area contributed by atoms with Crippen molar-refractivity contribution < 1.29 is 13.9 Å². The lowest BCUT2D eigenvalue weighted by Gasteiger charge is -2.09. The fourth-order valence-corrected chi connectivity index (χ4v) is 3.91. The Bertz CT molecular complexity index is 1470. The molecule has 0 N–H and O–H groups in total. The molecule has 0 bridgehead atoms. The molecule has 0 fully saturated rings. The molecule has 0 atom stereocenters. The highest BCUT2D eigenvalue weighted by atomic mass is 16.5. The summed E-state index contributed by atoms with van der Waals surface area (Å²) in [6, 6.07) is 20.2. The Morgan fingerprint density at radius 2 is 1.77 bits per heavy atom. The highest BCUT2D eigenvalue weighted by Crippen LogP contribution is 2.37. The molecule has 0 amide bonds. The van der Waals surface area contributed by atoms with Gasteiger partial charge in [-0.1, -0.05) is 42.5 Å². The monoisotopic (exact) mass is 410 g/mol. The van der Waals surface area contributed by atoms with Crippen LogP contribution in [0.4, 0.5) is 0 Å². The minimum absolute atomic E-state index is 0.195. The number of hydrogen-bond acceptors (Lipinski definition) is 5. The van der Waals surface area contributed by atoms with E-state index in [4.69, 9.17) is 9.15 Å². The molecule has 4 aromatic heterocycles. The molecule has 0 radical (unpaired) electrons. The maximum Gasteiger partial charge on any atom is 0.346 e. The first-order chi connectivity index (χ1) is 15.2. The lowest BCUT2D eigenvalue weighted by Crippen LogP contribution is -2.11. The molecule has 0 aliphatic carbocycles. The van der Waals surface area contributed by atoms with Gasteiger partial charge in [-0.3, -0.25) is 4.98 Å². The third kappa shape index (κ3) is 3.00. The minimum Gasteiger partial charge on any atom is -0.462 e. The van der Waals surface area contributed by atoms with Crippen LogP contribution in [0.3, 0.4) is 0 Å². The summed E-state index contributed by atoms with van der Waals surface area (Å²) in [6.07, 6.45) is 3.51. The van der Waals surface area contributed by atoms with E-state index in [-0.39, 0.29) is 17.9 Å². The number of carbonyl (C=O) groups excluding carboxylic acids is 1. The number of pyridine rings is 2. The van der Waals surface area contributed by atoms with Gasteiger partial charge in [0, 0.05) is 23.3 Å². The Kier molecular flexibility index (Phi) is 4.59. The highest BCUT2D eigenvalue weighted by molar-refractivity contribution is 6.17. The molecule has 0 aliphatic heterocycles. The molecule has 6 heteroatoms.